The largest absolute Gasteiger partial charge is 0.374 e. The lowest BCUT2D eigenvalue weighted by Gasteiger charge is -2.38. The number of aliphatic hydroxyl groups excluding tert-OH is 1. The predicted octanol–water partition coefficient (Wildman–Crippen LogP) is 0.321. The third-order valence-electron chi connectivity index (χ3n) is 5.28. The summed E-state index contributed by atoms with van der Waals surface area (Å²) in [5.41, 5.74) is 6.44. The van der Waals surface area contributed by atoms with Crippen LogP contribution >= 0.6 is 0 Å². The van der Waals surface area contributed by atoms with Gasteiger partial charge in [0, 0.05) is 17.6 Å². The van der Waals surface area contributed by atoms with Crippen LogP contribution in [0, 0.1) is 0 Å². The summed E-state index contributed by atoms with van der Waals surface area (Å²) in [6.07, 6.45) is 7.60. The molecule has 19 heavy (non-hydrogen) atoms. The number of hydrogen-bond donors (Lipinski definition) is 3. The molecule has 0 aromatic heterocycles. The van der Waals surface area contributed by atoms with E-state index in [0.29, 0.717) is 19.5 Å². The van der Waals surface area contributed by atoms with E-state index in [-0.39, 0.29) is 17.0 Å². The molecule has 3 fully saturated rings. The van der Waals surface area contributed by atoms with Crippen LogP contribution in [0.25, 0.3) is 0 Å². The van der Waals surface area contributed by atoms with Gasteiger partial charge in [0.2, 0.25) is 5.91 Å². The molecule has 1 heterocycles. The summed E-state index contributed by atoms with van der Waals surface area (Å²) in [5.74, 6) is 0.0273. The average molecular weight is 267 g/mol. The molecule has 2 unspecified atom stereocenters. The van der Waals surface area contributed by atoms with Crippen LogP contribution in [0.15, 0.2) is 0 Å². The van der Waals surface area contributed by atoms with E-state index in [1.54, 1.807) is 4.90 Å². The maximum atomic E-state index is 12.1. The fourth-order valence-corrected chi connectivity index (χ4v) is 4.19. The van der Waals surface area contributed by atoms with E-state index < -0.39 is 6.23 Å². The van der Waals surface area contributed by atoms with Crippen molar-refractivity contribution < 1.29 is 9.90 Å². The first-order valence-corrected chi connectivity index (χ1v) is 7.54. The van der Waals surface area contributed by atoms with Crippen LogP contribution in [0.5, 0.6) is 0 Å². The number of carbonyl (C=O) groups excluding carboxylic acids is 1. The molecular formula is C14H25N3O2. The van der Waals surface area contributed by atoms with Crippen LogP contribution in [0.3, 0.4) is 0 Å². The molecule has 1 saturated heterocycles. The standard InChI is InChI=1S/C14H25N3O2/c15-13-4-2-5-14(10-13,7-6-13)16-9-12(19)17-8-1-3-11(17)18/h11,16,18H,1-10,15H2/t11-,13?,14?/m1/s1. The van der Waals surface area contributed by atoms with E-state index in [4.69, 9.17) is 5.73 Å². The minimum absolute atomic E-state index is 0.00144. The fraction of sp³-hybridized carbons (Fsp3) is 0.929. The number of carbonyl (C=O) groups is 1. The number of hydrogen-bond acceptors (Lipinski definition) is 4. The highest BCUT2D eigenvalue weighted by atomic mass is 16.3. The summed E-state index contributed by atoms with van der Waals surface area (Å²) >= 11 is 0. The number of nitrogens with one attached hydrogen (secondary N) is 1. The van der Waals surface area contributed by atoms with Crippen LogP contribution in [0.2, 0.25) is 0 Å². The molecule has 0 radical (unpaired) electrons. The van der Waals surface area contributed by atoms with Gasteiger partial charge in [0.05, 0.1) is 6.54 Å². The Hall–Kier alpha value is -0.650. The van der Waals surface area contributed by atoms with E-state index in [9.17, 15) is 9.90 Å². The Morgan fingerprint density at radius 1 is 1.32 bits per heavy atom. The zero-order valence-electron chi connectivity index (χ0n) is 11.5. The van der Waals surface area contributed by atoms with Gasteiger partial charge >= 0.3 is 0 Å². The van der Waals surface area contributed by atoms with Gasteiger partial charge in [0.25, 0.3) is 0 Å². The molecule has 2 bridgehead atoms. The Morgan fingerprint density at radius 3 is 2.89 bits per heavy atom. The van der Waals surface area contributed by atoms with E-state index in [2.05, 4.69) is 5.32 Å². The van der Waals surface area contributed by atoms with Crippen molar-refractivity contribution in [3.05, 3.63) is 0 Å². The minimum Gasteiger partial charge on any atom is -0.374 e. The summed E-state index contributed by atoms with van der Waals surface area (Å²) in [4.78, 5) is 13.7. The predicted molar refractivity (Wildman–Crippen MR) is 72.3 cm³/mol. The smallest absolute Gasteiger partial charge is 0.238 e. The molecule has 3 rings (SSSR count). The maximum Gasteiger partial charge on any atom is 0.238 e. The van der Waals surface area contributed by atoms with Crippen molar-refractivity contribution >= 4 is 5.91 Å². The lowest BCUT2D eigenvalue weighted by Crippen LogP contribution is -2.53. The van der Waals surface area contributed by atoms with Crippen molar-refractivity contribution in [3.63, 3.8) is 0 Å². The van der Waals surface area contributed by atoms with Crippen LogP contribution in [0.4, 0.5) is 0 Å². The maximum absolute atomic E-state index is 12.1. The second-order valence-electron chi connectivity index (χ2n) is 6.74. The summed E-state index contributed by atoms with van der Waals surface area (Å²) in [6.45, 7) is 1.03. The normalized spacial score (nSPS) is 41.8. The highest BCUT2D eigenvalue weighted by Crippen LogP contribution is 2.46. The first kappa shape index (κ1) is 13.3. The van der Waals surface area contributed by atoms with E-state index in [1.165, 1.54) is 0 Å². The van der Waals surface area contributed by atoms with Gasteiger partial charge in [-0.2, -0.15) is 0 Å². The molecule has 0 aromatic rings. The van der Waals surface area contributed by atoms with Crippen molar-refractivity contribution in [3.8, 4) is 0 Å². The van der Waals surface area contributed by atoms with Crippen molar-refractivity contribution in [2.45, 2.75) is 68.7 Å². The molecule has 2 saturated carbocycles. The third-order valence-corrected chi connectivity index (χ3v) is 5.28. The Bertz CT molecular complexity index is 376. The zero-order valence-corrected chi connectivity index (χ0v) is 11.5. The van der Waals surface area contributed by atoms with Gasteiger partial charge in [-0.25, -0.2) is 0 Å². The topological polar surface area (TPSA) is 78.6 Å². The number of amides is 1. The monoisotopic (exact) mass is 267 g/mol. The van der Waals surface area contributed by atoms with Gasteiger partial charge < -0.3 is 21.1 Å². The molecule has 0 spiro atoms. The van der Waals surface area contributed by atoms with Crippen molar-refractivity contribution in [2.24, 2.45) is 5.73 Å². The quantitative estimate of drug-likeness (QED) is 0.688. The van der Waals surface area contributed by atoms with Gasteiger partial charge in [-0.05, 0) is 51.4 Å². The van der Waals surface area contributed by atoms with Crippen LogP contribution in [-0.2, 0) is 4.79 Å². The Labute approximate surface area is 114 Å². The summed E-state index contributed by atoms with van der Waals surface area (Å²) < 4.78 is 0. The van der Waals surface area contributed by atoms with Crippen LogP contribution in [-0.4, -0.2) is 46.3 Å². The lowest BCUT2D eigenvalue weighted by atomic mass is 9.79. The van der Waals surface area contributed by atoms with Gasteiger partial charge in [0.15, 0.2) is 0 Å². The van der Waals surface area contributed by atoms with Crippen LogP contribution in [0.1, 0.15) is 51.4 Å². The number of aliphatic hydroxyl groups is 1. The highest BCUT2D eigenvalue weighted by Gasteiger charge is 2.48. The van der Waals surface area contributed by atoms with E-state index in [1.807, 2.05) is 0 Å². The molecule has 108 valence electrons. The number of nitrogens with zero attached hydrogens (tertiary/aromatic N) is 1. The second-order valence-corrected chi connectivity index (χ2v) is 6.74. The number of rotatable bonds is 3. The number of likely N-dealkylation sites (tertiary alicyclic amines) is 1. The highest BCUT2D eigenvalue weighted by molar-refractivity contribution is 5.78. The summed E-state index contributed by atoms with van der Waals surface area (Å²) in [5, 5.41) is 13.2. The fourth-order valence-electron chi connectivity index (χ4n) is 4.19. The average Bonchev–Trinajstić information content (AvgIpc) is 2.89. The van der Waals surface area contributed by atoms with E-state index >= 15 is 0 Å². The van der Waals surface area contributed by atoms with Crippen molar-refractivity contribution in [1.29, 1.82) is 0 Å². The molecule has 5 heteroatoms. The Balaban J connectivity index is 1.56. The van der Waals surface area contributed by atoms with Crippen LogP contribution < -0.4 is 11.1 Å². The van der Waals surface area contributed by atoms with E-state index in [0.717, 1.165) is 44.9 Å². The number of fused-ring (bicyclic) bond motifs is 2. The Kier molecular flexibility index (Phi) is 3.31. The zero-order chi connectivity index (χ0) is 13.5. The molecule has 1 amide bonds. The summed E-state index contributed by atoms with van der Waals surface area (Å²) in [7, 11) is 0. The molecule has 4 N–H and O–H groups in total. The SMILES string of the molecule is NC12CCCC(NCC(=O)N3CCC[C@H]3O)(CC1)C2. The van der Waals surface area contributed by atoms with Gasteiger partial charge in [0.1, 0.15) is 6.23 Å². The molecule has 5 nitrogen and oxygen atoms in total. The van der Waals surface area contributed by atoms with Crippen molar-refractivity contribution in [1.82, 2.24) is 10.2 Å². The first-order valence-electron chi connectivity index (χ1n) is 7.54. The lowest BCUT2D eigenvalue weighted by molar-refractivity contribution is -0.137. The Morgan fingerprint density at radius 2 is 2.16 bits per heavy atom. The molecule has 2 aliphatic carbocycles. The number of nitrogens with two attached hydrogens (primary N) is 1. The molecule has 0 aromatic carbocycles. The van der Waals surface area contributed by atoms with Gasteiger partial charge in [-0.1, -0.05) is 0 Å². The van der Waals surface area contributed by atoms with Gasteiger partial charge in [-0.3, -0.25) is 4.79 Å². The second kappa shape index (κ2) is 4.72. The molecular weight excluding hydrogens is 242 g/mol. The molecule has 1 aliphatic heterocycles. The minimum atomic E-state index is -0.574. The first-order chi connectivity index (χ1) is 9.02. The third kappa shape index (κ3) is 2.51. The molecule has 3 atom stereocenters. The molecule has 3 aliphatic rings. The van der Waals surface area contributed by atoms with Crippen molar-refractivity contribution in [2.75, 3.05) is 13.1 Å². The van der Waals surface area contributed by atoms with Gasteiger partial charge in [-0.15, -0.1) is 0 Å². The summed E-state index contributed by atoms with van der Waals surface area (Å²) in [6, 6.07) is 0.